The molecule has 1 heterocycles. The van der Waals surface area contributed by atoms with Crippen LogP contribution in [0.15, 0.2) is 54.6 Å². The first-order valence-corrected chi connectivity index (χ1v) is 9.08. The van der Waals surface area contributed by atoms with Crippen molar-refractivity contribution in [2.24, 2.45) is 5.92 Å². The molecule has 27 heavy (non-hydrogen) atoms. The lowest BCUT2D eigenvalue weighted by Crippen LogP contribution is -2.40. The number of piperidine rings is 1. The second-order valence-electron chi connectivity index (χ2n) is 6.66. The van der Waals surface area contributed by atoms with E-state index in [0.717, 1.165) is 32.5 Å². The number of likely N-dealkylation sites (tertiary alicyclic amines) is 1. The minimum atomic E-state index is -0.210. The van der Waals surface area contributed by atoms with Crippen LogP contribution in [0, 0.1) is 5.92 Å². The summed E-state index contributed by atoms with van der Waals surface area (Å²) in [4.78, 5) is 27.3. The van der Waals surface area contributed by atoms with Crippen molar-refractivity contribution >= 4 is 29.9 Å². The second kappa shape index (κ2) is 10.1. The number of benzene rings is 2. The van der Waals surface area contributed by atoms with Gasteiger partial charge in [-0.3, -0.25) is 9.59 Å². The monoisotopic (exact) mass is 387 g/mol. The maximum atomic E-state index is 13.0. The molecular formula is C21H26ClN3O2. The second-order valence-corrected chi connectivity index (χ2v) is 6.66. The summed E-state index contributed by atoms with van der Waals surface area (Å²) >= 11 is 0. The molecule has 1 fully saturated rings. The zero-order chi connectivity index (χ0) is 18.4. The SMILES string of the molecule is CNCC1CCN(C(=O)c2ccccc2NC(=O)c2ccccc2)CC1.Cl. The van der Waals surface area contributed by atoms with Crippen LogP contribution in [-0.4, -0.2) is 43.4 Å². The van der Waals surface area contributed by atoms with E-state index >= 15 is 0 Å². The molecule has 2 amide bonds. The fraction of sp³-hybridized carbons (Fsp3) is 0.333. The van der Waals surface area contributed by atoms with Gasteiger partial charge in [-0.05, 0) is 56.6 Å². The average molecular weight is 388 g/mol. The van der Waals surface area contributed by atoms with Crippen molar-refractivity contribution in [3.8, 4) is 0 Å². The molecule has 0 radical (unpaired) electrons. The average Bonchev–Trinajstić information content (AvgIpc) is 2.69. The number of nitrogens with one attached hydrogen (secondary N) is 2. The fourth-order valence-electron chi connectivity index (χ4n) is 3.36. The lowest BCUT2D eigenvalue weighted by Gasteiger charge is -2.32. The summed E-state index contributed by atoms with van der Waals surface area (Å²) in [7, 11) is 1.96. The Morgan fingerprint density at radius 2 is 1.63 bits per heavy atom. The molecule has 0 saturated carbocycles. The molecule has 1 saturated heterocycles. The number of rotatable bonds is 5. The van der Waals surface area contributed by atoms with Crippen LogP contribution in [0.2, 0.25) is 0 Å². The van der Waals surface area contributed by atoms with E-state index in [9.17, 15) is 9.59 Å². The minimum absolute atomic E-state index is 0. The number of carbonyl (C=O) groups excluding carboxylic acids is 2. The van der Waals surface area contributed by atoms with Crippen molar-refractivity contribution in [2.45, 2.75) is 12.8 Å². The van der Waals surface area contributed by atoms with Crippen LogP contribution in [0.3, 0.4) is 0 Å². The van der Waals surface area contributed by atoms with Crippen LogP contribution in [-0.2, 0) is 0 Å². The van der Waals surface area contributed by atoms with E-state index in [1.807, 2.05) is 42.3 Å². The van der Waals surface area contributed by atoms with Gasteiger partial charge >= 0.3 is 0 Å². The molecule has 1 aliphatic heterocycles. The van der Waals surface area contributed by atoms with Crippen LogP contribution in [0.5, 0.6) is 0 Å². The Morgan fingerprint density at radius 1 is 1.00 bits per heavy atom. The van der Waals surface area contributed by atoms with Crippen LogP contribution in [0.4, 0.5) is 5.69 Å². The third-order valence-corrected chi connectivity index (χ3v) is 4.84. The largest absolute Gasteiger partial charge is 0.339 e. The van der Waals surface area contributed by atoms with Crippen LogP contribution >= 0.6 is 12.4 Å². The standard InChI is InChI=1S/C21H25N3O2.ClH/c1-22-15-16-11-13-24(14-12-16)21(26)18-9-5-6-10-19(18)23-20(25)17-7-3-2-4-8-17;/h2-10,16,22H,11-15H2,1H3,(H,23,25);1H. The third-order valence-electron chi connectivity index (χ3n) is 4.84. The molecule has 3 rings (SSSR count). The molecular weight excluding hydrogens is 362 g/mol. The molecule has 1 aliphatic rings. The number of carbonyl (C=O) groups is 2. The van der Waals surface area contributed by atoms with Gasteiger partial charge in [0.05, 0.1) is 11.3 Å². The zero-order valence-corrected chi connectivity index (χ0v) is 16.3. The Kier molecular flexibility index (Phi) is 7.82. The fourth-order valence-corrected chi connectivity index (χ4v) is 3.36. The summed E-state index contributed by atoms with van der Waals surface area (Å²) in [6, 6.07) is 16.2. The van der Waals surface area contributed by atoms with Gasteiger partial charge in [-0.1, -0.05) is 30.3 Å². The molecule has 144 valence electrons. The van der Waals surface area contributed by atoms with Crippen molar-refractivity contribution in [1.29, 1.82) is 0 Å². The summed E-state index contributed by atoms with van der Waals surface area (Å²) in [6.07, 6.45) is 2.01. The van der Waals surface area contributed by atoms with Crippen molar-refractivity contribution < 1.29 is 9.59 Å². The molecule has 2 aromatic rings. The number of hydrogen-bond donors (Lipinski definition) is 2. The van der Waals surface area contributed by atoms with Gasteiger partial charge in [0.1, 0.15) is 0 Å². The van der Waals surface area contributed by atoms with Gasteiger partial charge in [-0.2, -0.15) is 0 Å². The molecule has 6 heteroatoms. The van der Waals surface area contributed by atoms with Crippen molar-refractivity contribution in [3.63, 3.8) is 0 Å². The summed E-state index contributed by atoms with van der Waals surface area (Å²) in [5, 5.41) is 6.09. The molecule has 0 atom stereocenters. The predicted molar refractivity (Wildman–Crippen MR) is 111 cm³/mol. The smallest absolute Gasteiger partial charge is 0.255 e. The minimum Gasteiger partial charge on any atom is -0.339 e. The van der Waals surface area contributed by atoms with E-state index in [1.165, 1.54) is 0 Å². The highest BCUT2D eigenvalue weighted by Gasteiger charge is 2.25. The summed E-state index contributed by atoms with van der Waals surface area (Å²) < 4.78 is 0. The van der Waals surface area contributed by atoms with E-state index in [1.54, 1.807) is 24.3 Å². The quantitative estimate of drug-likeness (QED) is 0.826. The summed E-state index contributed by atoms with van der Waals surface area (Å²) in [5.74, 6) is 0.396. The number of anilines is 1. The molecule has 0 bridgehead atoms. The molecule has 0 unspecified atom stereocenters. The Hall–Kier alpha value is -2.37. The Balaban J connectivity index is 0.00000261. The van der Waals surface area contributed by atoms with E-state index in [0.29, 0.717) is 22.7 Å². The van der Waals surface area contributed by atoms with E-state index < -0.39 is 0 Å². The Bertz CT molecular complexity index is 759. The van der Waals surface area contributed by atoms with Crippen LogP contribution < -0.4 is 10.6 Å². The molecule has 0 aromatic heterocycles. The molecule has 0 aliphatic carbocycles. The number of halogens is 1. The van der Waals surface area contributed by atoms with Crippen LogP contribution in [0.1, 0.15) is 33.6 Å². The first-order valence-electron chi connectivity index (χ1n) is 9.08. The summed E-state index contributed by atoms with van der Waals surface area (Å²) in [5.41, 5.74) is 1.68. The van der Waals surface area contributed by atoms with Gasteiger partial charge in [-0.25, -0.2) is 0 Å². The maximum absolute atomic E-state index is 13.0. The van der Waals surface area contributed by atoms with Crippen molar-refractivity contribution in [3.05, 3.63) is 65.7 Å². The highest BCUT2D eigenvalue weighted by Crippen LogP contribution is 2.22. The number of nitrogens with zero attached hydrogens (tertiary/aromatic N) is 1. The Labute approximate surface area is 166 Å². The van der Waals surface area contributed by atoms with Gasteiger partial charge in [0.25, 0.3) is 11.8 Å². The number of amides is 2. The lowest BCUT2D eigenvalue weighted by atomic mass is 9.96. The predicted octanol–water partition coefficient (Wildman–Crippen LogP) is 3.43. The number of para-hydroxylation sites is 1. The highest BCUT2D eigenvalue weighted by molar-refractivity contribution is 6.09. The van der Waals surface area contributed by atoms with E-state index in [2.05, 4.69) is 10.6 Å². The van der Waals surface area contributed by atoms with E-state index in [-0.39, 0.29) is 24.2 Å². The molecule has 2 N–H and O–H groups in total. The van der Waals surface area contributed by atoms with Gasteiger partial charge in [0.15, 0.2) is 0 Å². The topological polar surface area (TPSA) is 61.4 Å². The van der Waals surface area contributed by atoms with Gasteiger partial charge in [0.2, 0.25) is 0 Å². The molecule has 2 aromatic carbocycles. The van der Waals surface area contributed by atoms with Crippen molar-refractivity contribution in [1.82, 2.24) is 10.2 Å². The van der Waals surface area contributed by atoms with Gasteiger partial charge < -0.3 is 15.5 Å². The third kappa shape index (κ3) is 5.31. The van der Waals surface area contributed by atoms with Gasteiger partial charge in [0, 0.05) is 18.7 Å². The maximum Gasteiger partial charge on any atom is 0.255 e. The van der Waals surface area contributed by atoms with Crippen molar-refractivity contribution in [2.75, 3.05) is 32.0 Å². The molecule has 0 spiro atoms. The molecule has 5 nitrogen and oxygen atoms in total. The highest BCUT2D eigenvalue weighted by atomic mass is 35.5. The summed E-state index contributed by atoms with van der Waals surface area (Å²) in [6.45, 7) is 2.50. The van der Waals surface area contributed by atoms with Gasteiger partial charge in [-0.15, -0.1) is 12.4 Å². The first kappa shape index (κ1) is 20.9. The number of hydrogen-bond acceptors (Lipinski definition) is 3. The normalized spacial score (nSPS) is 14.3. The zero-order valence-electron chi connectivity index (χ0n) is 15.5. The van der Waals surface area contributed by atoms with Crippen LogP contribution in [0.25, 0.3) is 0 Å². The Morgan fingerprint density at radius 3 is 2.30 bits per heavy atom. The lowest BCUT2D eigenvalue weighted by molar-refractivity contribution is 0.0692. The first-order chi connectivity index (χ1) is 12.7. The van der Waals surface area contributed by atoms with E-state index in [4.69, 9.17) is 0 Å².